The number of ether oxygens (including phenoxy) is 2. The van der Waals surface area contributed by atoms with Crippen molar-refractivity contribution in [3.8, 4) is 17.1 Å². The first-order chi connectivity index (χ1) is 17.5. The number of methoxy groups -OCH3 is 1. The number of nitrogens with zero attached hydrogens (tertiary/aromatic N) is 2. The zero-order chi connectivity index (χ0) is 25.3. The number of amides is 3. The number of imide groups is 1. The van der Waals surface area contributed by atoms with Crippen LogP contribution in [0.1, 0.15) is 5.56 Å². The second-order valence-electron chi connectivity index (χ2n) is 7.60. The number of hydrogen-bond donors (Lipinski definition) is 2. The summed E-state index contributed by atoms with van der Waals surface area (Å²) in [7, 11) is 1.49. The number of rotatable bonds is 9. The van der Waals surface area contributed by atoms with E-state index in [1.165, 1.54) is 19.3 Å². The van der Waals surface area contributed by atoms with E-state index in [9.17, 15) is 14.4 Å². The van der Waals surface area contributed by atoms with Crippen molar-refractivity contribution in [3.63, 3.8) is 0 Å². The van der Waals surface area contributed by atoms with Crippen LogP contribution in [0.3, 0.4) is 0 Å². The van der Waals surface area contributed by atoms with Gasteiger partial charge in [0.1, 0.15) is 11.3 Å². The SMILES string of the molecule is COCCNC(=O)NC(=O)COC(=O)/C=C/c1cn(-c2ccccc2)nc1-c1cc2ccccc2o1. The summed E-state index contributed by atoms with van der Waals surface area (Å²) in [5, 5.41) is 10.1. The quantitative estimate of drug-likeness (QED) is 0.210. The van der Waals surface area contributed by atoms with Gasteiger partial charge in [-0.05, 0) is 30.3 Å². The molecule has 0 aliphatic rings. The van der Waals surface area contributed by atoms with Crippen LogP contribution in [-0.4, -0.2) is 54.6 Å². The molecule has 2 aromatic heterocycles. The number of carbonyl (C=O) groups is 3. The lowest BCUT2D eigenvalue weighted by Gasteiger charge is -2.06. The molecule has 0 saturated heterocycles. The topological polar surface area (TPSA) is 125 Å². The van der Waals surface area contributed by atoms with Gasteiger partial charge in [-0.25, -0.2) is 14.3 Å². The summed E-state index contributed by atoms with van der Waals surface area (Å²) in [6.45, 7) is -0.0682. The van der Waals surface area contributed by atoms with E-state index in [-0.39, 0.29) is 6.54 Å². The lowest BCUT2D eigenvalue weighted by atomic mass is 10.2. The first-order valence-corrected chi connectivity index (χ1v) is 11.1. The van der Waals surface area contributed by atoms with Crippen LogP contribution in [-0.2, 0) is 19.1 Å². The molecule has 0 fully saturated rings. The van der Waals surface area contributed by atoms with Crippen molar-refractivity contribution in [2.75, 3.05) is 26.9 Å². The van der Waals surface area contributed by atoms with Crippen LogP contribution in [0.25, 0.3) is 34.2 Å². The van der Waals surface area contributed by atoms with Gasteiger partial charge in [0, 0.05) is 36.9 Å². The predicted molar refractivity (Wildman–Crippen MR) is 132 cm³/mol. The Labute approximate surface area is 206 Å². The van der Waals surface area contributed by atoms with Crippen LogP contribution >= 0.6 is 0 Å². The Morgan fingerprint density at radius 2 is 1.86 bits per heavy atom. The third-order valence-electron chi connectivity index (χ3n) is 5.01. The predicted octanol–water partition coefficient (Wildman–Crippen LogP) is 3.31. The molecule has 10 nitrogen and oxygen atoms in total. The molecular weight excluding hydrogens is 464 g/mol. The van der Waals surface area contributed by atoms with Gasteiger partial charge in [-0.2, -0.15) is 5.10 Å². The number of furan rings is 1. The second-order valence-corrected chi connectivity index (χ2v) is 7.60. The van der Waals surface area contributed by atoms with E-state index in [0.717, 1.165) is 11.1 Å². The first-order valence-electron chi connectivity index (χ1n) is 11.1. The van der Waals surface area contributed by atoms with Crippen molar-refractivity contribution in [1.29, 1.82) is 0 Å². The van der Waals surface area contributed by atoms with Crippen molar-refractivity contribution in [2.24, 2.45) is 0 Å². The first kappa shape index (κ1) is 24.4. The number of urea groups is 1. The van der Waals surface area contributed by atoms with Crippen LogP contribution < -0.4 is 10.6 Å². The molecule has 10 heteroatoms. The average Bonchev–Trinajstić information content (AvgIpc) is 3.51. The van der Waals surface area contributed by atoms with Crippen LogP contribution in [0.5, 0.6) is 0 Å². The van der Waals surface area contributed by atoms with Gasteiger partial charge in [-0.1, -0.05) is 36.4 Å². The molecule has 36 heavy (non-hydrogen) atoms. The van der Waals surface area contributed by atoms with Gasteiger partial charge in [-0.15, -0.1) is 0 Å². The van der Waals surface area contributed by atoms with Gasteiger partial charge in [0.25, 0.3) is 5.91 Å². The maximum absolute atomic E-state index is 12.2. The molecule has 0 unspecified atom stereocenters. The summed E-state index contributed by atoms with van der Waals surface area (Å²) in [5.41, 5.74) is 2.69. The van der Waals surface area contributed by atoms with Crippen LogP contribution in [0.2, 0.25) is 0 Å². The normalized spacial score (nSPS) is 11.0. The standard InChI is InChI=1S/C26H24N4O6/c1-34-14-13-27-26(33)28-23(31)17-35-24(32)12-11-19-16-30(20-8-3-2-4-9-20)29-25(19)22-15-18-7-5-6-10-21(18)36-22/h2-12,15-16H,13-14,17H2,1H3,(H2,27,28,31,33)/b12-11+. The second kappa shape index (κ2) is 11.6. The minimum Gasteiger partial charge on any atom is -0.454 e. The van der Waals surface area contributed by atoms with Gasteiger partial charge in [0.15, 0.2) is 12.4 Å². The molecule has 4 aromatic rings. The van der Waals surface area contributed by atoms with E-state index in [4.69, 9.17) is 13.9 Å². The Morgan fingerprint density at radius 1 is 1.08 bits per heavy atom. The smallest absolute Gasteiger partial charge is 0.331 e. The molecule has 2 aromatic carbocycles. The molecule has 0 atom stereocenters. The van der Waals surface area contributed by atoms with E-state index in [1.54, 1.807) is 10.9 Å². The summed E-state index contributed by atoms with van der Waals surface area (Å²) < 4.78 is 17.4. The Bertz CT molecular complexity index is 1360. The molecule has 0 spiro atoms. The minimum atomic E-state index is -0.758. The monoisotopic (exact) mass is 488 g/mol. The number of para-hydroxylation sites is 2. The third kappa shape index (κ3) is 6.24. The molecule has 0 saturated carbocycles. The van der Waals surface area contributed by atoms with Crippen LogP contribution in [0.15, 0.2) is 77.4 Å². The maximum atomic E-state index is 12.2. The van der Waals surface area contributed by atoms with Gasteiger partial charge < -0.3 is 19.2 Å². The number of esters is 1. The fourth-order valence-corrected chi connectivity index (χ4v) is 3.33. The maximum Gasteiger partial charge on any atom is 0.331 e. The fraction of sp³-hybridized carbons (Fsp3) is 0.154. The number of benzene rings is 2. The lowest BCUT2D eigenvalue weighted by molar-refractivity contribution is -0.143. The average molecular weight is 489 g/mol. The fourth-order valence-electron chi connectivity index (χ4n) is 3.33. The number of hydrogen-bond acceptors (Lipinski definition) is 7. The number of fused-ring (bicyclic) bond motifs is 1. The minimum absolute atomic E-state index is 0.238. The molecule has 0 bridgehead atoms. The van der Waals surface area contributed by atoms with Crippen molar-refractivity contribution in [2.45, 2.75) is 0 Å². The summed E-state index contributed by atoms with van der Waals surface area (Å²) in [4.78, 5) is 35.6. The molecule has 2 heterocycles. The van der Waals surface area contributed by atoms with Crippen molar-refractivity contribution in [3.05, 3.63) is 78.5 Å². The highest BCUT2D eigenvalue weighted by Gasteiger charge is 2.16. The van der Waals surface area contributed by atoms with Crippen molar-refractivity contribution >= 4 is 35.0 Å². The Kier molecular flexibility index (Phi) is 7.89. The van der Waals surface area contributed by atoms with E-state index >= 15 is 0 Å². The number of nitrogens with one attached hydrogen (secondary N) is 2. The van der Waals surface area contributed by atoms with E-state index in [2.05, 4.69) is 15.7 Å². The summed E-state index contributed by atoms with van der Waals surface area (Å²) in [6.07, 6.45) is 4.48. The Balaban J connectivity index is 1.47. The van der Waals surface area contributed by atoms with Crippen molar-refractivity contribution in [1.82, 2.24) is 20.4 Å². The number of carbonyl (C=O) groups excluding carboxylic acids is 3. The van der Waals surface area contributed by atoms with E-state index < -0.39 is 24.5 Å². The molecule has 0 aliphatic heterocycles. The summed E-state index contributed by atoms with van der Waals surface area (Å²) in [6, 6.07) is 18.3. The molecule has 3 amide bonds. The molecule has 2 N–H and O–H groups in total. The molecule has 184 valence electrons. The molecular formula is C26H24N4O6. The summed E-state index contributed by atoms with van der Waals surface area (Å²) in [5.74, 6) is -0.975. The third-order valence-corrected chi connectivity index (χ3v) is 5.01. The van der Waals surface area contributed by atoms with Gasteiger partial charge in [0.05, 0.1) is 12.3 Å². The largest absolute Gasteiger partial charge is 0.454 e. The Morgan fingerprint density at radius 3 is 2.64 bits per heavy atom. The van der Waals surface area contributed by atoms with Crippen LogP contribution in [0.4, 0.5) is 4.79 Å². The summed E-state index contributed by atoms with van der Waals surface area (Å²) >= 11 is 0. The van der Waals surface area contributed by atoms with E-state index in [1.807, 2.05) is 60.7 Å². The van der Waals surface area contributed by atoms with Crippen LogP contribution in [0, 0.1) is 0 Å². The molecule has 4 rings (SSSR count). The highest BCUT2D eigenvalue weighted by molar-refractivity contribution is 5.96. The highest BCUT2D eigenvalue weighted by atomic mass is 16.5. The molecule has 0 radical (unpaired) electrons. The van der Waals surface area contributed by atoms with E-state index in [0.29, 0.717) is 29.2 Å². The molecule has 0 aliphatic carbocycles. The highest BCUT2D eigenvalue weighted by Crippen LogP contribution is 2.30. The zero-order valence-corrected chi connectivity index (χ0v) is 19.5. The van der Waals surface area contributed by atoms with Gasteiger partial charge in [0.2, 0.25) is 0 Å². The van der Waals surface area contributed by atoms with Gasteiger partial charge in [-0.3, -0.25) is 10.1 Å². The Hall–Kier alpha value is -4.70. The van der Waals surface area contributed by atoms with Gasteiger partial charge >= 0.3 is 12.0 Å². The number of aromatic nitrogens is 2. The van der Waals surface area contributed by atoms with Crippen molar-refractivity contribution < 1.29 is 28.3 Å². The lowest BCUT2D eigenvalue weighted by Crippen LogP contribution is -2.42. The zero-order valence-electron chi connectivity index (χ0n) is 19.5.